The maximum atomic E-state index is 12.8. The molecule has 4 heteroatoms. The molecule has 1 aliphatic heterocycles. The van der Waals surface area contributed by atoms with E-state index < -0.39 is 19.2 Å². The lowest BCUT2D eigenvalue weighted by Crippen LogP contribution is -2.07. The average Bonchev–Trinajstić information content (AvgIpc) is 2.10. The number of alkyl halides is 1. The molecule has 0 spiro atoms. The molecule has 1 fully saturated rings. The van der Waals surface area contributed by atoms with Crippen molar-refractivity contribution in [1.82, 2.24) is 0 Å². The highest BCUT2D eigenvalue weighted by molar-refractivity contribution is 7.59. The van der Waals surface area contributed by atoms with Gasteiger partial charge in [0.15, 0.2) is 5.91 Å². The van der Waals surface area contributed by atoms with Crippen LogP contribution in [0.1, 0.15) is 0 Å². The van der Waals surface area contributed by atoms with Gasteiger partial charge in [0.05, 0.1) is 12.5 Å². The van der Waals surface area contributed by atoms with Crippen molar-refractivity contribution in [2.24, 2.45) is 5.92 Å². The summed E-state index contributed by atoms with van der Waals surface area (Å²) in [6.45, 7) is 1.36. The molecule has 0 radical (unpaired) electrons. The van der Waals surface area contributed by atoms with Crippen LogP contribution in [0.5, 0.6) is 0 Å². The number of hydrogen-bond acceptors (Lipinski definition) is 2. The number of hydrogen-bond donors (Lipinski definition) is 0. The van der Waals surface area contributed by atoms with Crippen LogP contribution in [0.2, 0.25) is 0 Å². The smallest absolute Gasteiger partial charge is 0.234 e. The SMILES string of the molecule is C#CC1COP(C)(=O)C1F. The van der Waals surface area contributed by atoms with E-state index in [1.54, 1.807) is 0 Å². The third-order valence-corrected chi connectivity index (χ3v) is 3.42. The van der Waals surface area contributed by atoms with E-state index in [1.165, 1.54) is 6.66 Å². The number of rotatable bonds is 0. The van der Waals surface area contributed by atoms with Gasteiger partial charge in [0, 0.05) is 6.66 Å². The summed E-state index contributed by atoms with van der Waals surface area (Å²) in [5.41, 5.74) is 0. The zero-order chi connectivity index (χ0) is 7.78. The second kappa shape index (κ2) is 2.38. The topological polar surface area (TPSA) is 26.3 Å². The molecule has 3 atom stereocenters. The van der Waals surface area contributed by atoms with Crippen molar-refractivity contribution in [3.8, 4) is 12.3 Å². The van der Waals surface area contributed by atoms with Gasteiger partial charge in [0.2, 0.25) is 7.37 Å². The Labute approximate surface area is 59.2 Å². The Hall–Kier alpha value is -0.320. The Morgan fingerprint density at radius 1 is 1.90 bits per heavy atom. The maximum Gasteiger partial charge on any atom is 0.234 e. The minimum atomic E-state index is -3.02. The van der Waals surface area contributed by atoms with Gasteiger partial charge >= 0.3 is 0 Å². The first-order valence-corrected chi connectivity index (χ1v) is 5.04. The lowest BCUT2D eigenvalue weighted by Gasteiger charge is -2.05. The van der Waals surface area contributed by atoms with Gasteiger partial charge in [0.25, 0.3) is 0 Å². The van der Waals surface area contributed by atoms with Gasteiger partial charge < -0.3 is 4.52 Å². The second-order valence-electron chi connectivity index (χ2n) is 2.35. The summed E-state index contributed by atoms with van der Waals surface area (Å²) in [5, 5.41) is 0. The first-order chi connectivity index (χ1) is 4.58. The fraction of sp³-hybridized carbons (Fsp3) is 0.667. The number of halogens is 1. The van der Waals surface area contributed by atoms with Crippen LogP contribution in [0.4, 0.5) is 4.39 Å². The van der Waals surface area contributed by atoms with Crippen molar-refractivity contribution < 1.29 is 13.5 Å². The molecule has 0 aromatic rings. The van der Waals surface area contributed by atoms with Crippen molar-refractivity contribution in [3.05, 3.63) is 0 Å². The van der Waals surface area contributed by atoms with E-state index in [9.17, 15) is 8.96 Å². The van der Waals surface area contributed by atoms with Crippen LogP contribution in [0.25, 0.3) is 0 Å². The summed E-state index contributed by atoms with van der Waals surface area (Å²) in [5.74, 6) is 0.121. The highest BCUT2D eigenvalue weighted by Crippen LogP contribution is 2.56. The van der Waals surface area contributed by atoms with Crippen LogP contribution < -0.4 is 0 Å². The Bertz CT molecular complexity index is 220. The summed E-state index contributed by atoms with van der Waals surface area (Å²) in [6.07, 6.45) is 4.95. The molecule has 3 unspecified atom stereocenters. The van der Waals surface area contributed by atoms with Crippen molar-refractivity contribution in [2.45, 2.75) is 5.91 Å². The van der Waals surface area contributed by atoms with E-state index in [1.807, 2.05) is 0 Å². The minimum Gasteiger partial charge on any atom is -0.325 e. The van der Waals surface area contributed by atoms with Gasteiger partial charge in [0.1, 0.15) is 0 Å². The molecule has 0 saturated carbocycles. The summed E-state index contributed by atoms with van der Waals surface area (Å²) in [4.78, 5) is 0. The summed E-state index contributed by atoms with van der Waals surface area (Å²) in [7, 11) is -3.02. The van der Waals surface area contributed by atoms with E-state index >= 15 is 0 Å². The normalized spacial score (nSPS) is 46.9. The van der Waals surface area contributed by atoms with Crippen LogP contribution in [0, 0.1) is 18.3 Å². The molecule has 56 valence electrons. The Morgan fingerprint density at radius 2 is 2.50 bits per heavy atom. The van der Waals surface area contributed by atoms with Crippen molar-refractivity contribution >= 4 is 7.37 Å². The Morgan fingerprint density at radius 3 is 2.70 bits per heavy atom. The van der Waals surface area contributed by atoms with Crippen LogP contribution in [-0.4, -0.2) is 19.2 Å². The molecule has 0 aliphatic carbocycles. The molecule has 1 heterocycles. The lowest BCUT2D eigenvalue weighted by atomic mass is 10.2. The first-order valence-electron chi connectivity index (χ1n) is 2.90. The lowest BCUT2D eigenvalue weighted by molar-refractivity contribution is 0.319. The van der Waals surface area contributed by atoms with Gasteiger partial charge in [-0.1, -0.05) is 5.92 Å². The molecule has 0 bridgehead atoms. The maximum absolute atomic E-state index is 12.8. The van der Waals surface area contributed by atoms with Gasteiger partial charge in [-0.25, -0.2) is 4.39 Å². The average molecular weight is 162 g/mol. The largest absolute Gasteiger partial charge is 0.325 e. The van der Waals surface area contributed by atoms with Crippen LogP contribution in [-0.2, 0) is 9.09 Å². The minimum absolute atomic E-state index is 0.0887. The number of terminal acetylenes is 1. The first kappa shape index (κ1) is 7.78. The predicted octanol–water partition coefficient (Wildman–Crippen LogP) is 1.47. The van der Waals surface area contributed by atoms with Crippen molar-refractivity contribution in [2.75, 3.05) is 13.3 Å². The molecule has 1 aliphatic rings. The van der Waals surface area contributed by atoms with Gasteiger partial charge in [-0.3, -0.25) is 4.57 Å². The molecule has 0 aromatic carbocycles. The van der Waals surface area contributed by atoms with Crippen molar-refractivity contribution in [3.63, 3.8) is 0 Å². The second-order valence-corrected chi connectivity index (χ2v) is 4.92. The third-order valence-electron chi connectivity index (χ3n) is 1.50. The van der Waals surface area contributed by atoms with Crippen molar-refractivity contribution in [1.29, 1.82) is 0 Å². The van der Waals surface area contributed by atoms with Crippen LogP contribution >= 0.6 is 7.37 Å². The van der Waals surface area contributed by atoms with Gasteiger partial charge in [-0.15, -0.1) is 6.42 Å². The molecule has 1 rings (SSSR count). The van der Waals surface area contributed by atoms with E-state index in [4.69, 9.17) is 10.9 Å². The molecule has 2 nitrogen and oxygen atoms in total. The molecule has 10 heavy (non-hydrogen) atoms. The standard InChI is InChI=1S/C6H8FO2P/c1-3-5-4-9-10(2,8)6(5)7/h1,5-6H,4H2,2H3. The fourth-order valence-electron chi connectivity index (χ4n) is 0.833. The Kier molecular flexibility index (Phi) is 1.85. The van der Waals surface area contributed by atoms with Gasteiger partial charge in [-0.05, 0) is 0 Å². The van der Waals surface area contributed by atoms with Crippen LogP contribution in [0.3, 0.4) is 0 Å². The summed E-state index contributed by atoms with van der Waals surface area (Å²) in [6, 6.07) is 0. The zero-order valence-corrected chi connectivity index (χ0v) is 6.48. The predicted molar refractivity (Wildman–Crippen MR) is 36.7 cm³/mol. The van der Waals surface area contributed by atoms with E-state index in [-0.39, 0.29) is 6.61 Å². The quantitative estimate of drug-likeness (QED) is 0.398. The zero-order valence-electron chi connectivity index (χ0n) is 5.58. The van der Waals surface area contributed by atoms with Gasteiger partial charge in [-0.2, -0.15) is 0 Å². The highest BCUT2D eigenvalue weighted by atomic mass is 31.2. The van der Waals surface area contributed by atoms with E-state index in [2.05, 4.69) is 5.92 Å². The highest BCUT2D eigenvalue weighted by Gasteiger charge is 2.42. The fourth-order valence-corrected chi connectivity index (χ4v) is 2.26. The monoisotopic (exact) mass is 162 g/mol. The van der Waals surface area contributed by atoms with E-state index in [0.29, 0.717) is 0 Å². The molecular weight excluding hydrogens is 154 g/mol. The van der Waals surface area contributed by atoms with Crippen LogP contribution in [0.15, 0.2) is 0 Å². The molecule has 0 N–H and O–H groups in total. The molecule has 1 saturated heterocycles. The summed E-state index contributed by atoms with van der Waals surface area (Å²) >= 11 is 0. The molecular formula is C6H8FO2P. The Balaban J connectivity index is 2.79. The van der Waals surface area contributed by atoms with E-state index in [0.717, 1.165) is 0 Å². The molecule has 0 aromatic heterocycles. The molecule has 0 amide bonds. The third kappa shape index (κ3) is 1.10. The summed E-state index contributed by atoms with van der Waals surface area (Å²) < 4.78 is 28.6.